The van der Waals surface area contributed by atoms with Crippen molar-refractivity contribution >= 4 is 53.4 Å². The summed E-state index contributed by atoms with van der Waals surface area (Å²) in [5.41, 5.74) is -0.186. The topological polar surface area (TPSA) is 165 Å². The van der Waals surface area contributed by atoms with Crippen molar-refractivity contribution in [2.75, 3.05) is 20.3 Å². The van der Waals surface area contributed by atoms with E-state index in [0.717, 1.165) is 101 Å². The van der Waals surface area contributed by atoms with E-state index < -0.39 is 23.8 Å². The third kappa shape index (κ3) is 12.1. The number of methoxy groups -OCH3 is 1. The molecule has 0 saturated heterocycles. The Labute approximate surface area is 337 Å². The Hall–Kier alpha value is -3.80. The van der Waals surface area contributed by atoms with Crippen LogP contribution in [0.5, 0.6) is 11.5 Å². The molecule has 3 aliphatic carbocycles. The summed E-state index contributed by atoms with van der Waals surface area (Å²) in [5, 5.41) is 9.74. The summed E-state index contributed by atoms with van der Waals surface area (Å²) >= 11 is 2.22. The summed E-state index contributed by atoms with van der Waals surface area (Å²) in [7, 11) is 1.20. The van der Waals surface area contributed by atoms with E-state index >= 15 is 0 Å². The molecule has 0 bridgehead atoms. The number of rotatable bonds is 16. The van der Waals surface area contributed by atoms with Crippen molar-refractivity contribution in [1.29, 1.82) is 5.26 Å². The van der Waals surface area contributed by atoms with Crippen LogP contribution in [0.3, 0.4) is 0 Å². The molecule has 0 unspecified atom stereocenters. The van der Waals surface area contributed by atoms with Crippen LogP contribution in [0.15, 0.2) is 44.4 Å². The lowest BCUT2D eigenvalue weighted by Crippen LogP contribution is -2.33. The van der Waals surface area contributed by atoms with E-state index in [1.54, 1.807) is 12.1 Å². The van der Waals surface area contributed by atoms with Crippen molar-refractivity contribution < 1.29 is 52.4 Å². The average Bonchev–Trinajstić information content (AvgIpc) is 3.66. The Balaban J connectivity index is 1.07. The number of carbonyl (C=O) groups excluding carboxylic acids is 5. The molecule has 0 amide bonds. The zero-order chi connectivity index (χ0) is 40.0. The van der Waals surface area contributed by atoms with Crippen molar-refractivity contribution in [3.63, 3.8) is 0 Å². The minimum absolute atomic E-state index is 0.146. The standard InChI is InChI=1S/C42H53NO11S2/c1-4-35(44)51-24-8-6-5-7-23-50-30-17-13-28(14-18-30)38(45)52-31-19-15-29(16-20-31)40(47)54-34-22-21-33(53-39(46)27-11-9-26(2)10-12-27)36-37(34)56-42(55-36)32(25-43)41(48)49-3/h4,21-22,26-31H,1,5-20,23-24H2,2-3H3/b42-32+. The zero-order valence-electron chi connectivity index (χ0n) is 32.4. The maximum Gasteiger partial charge on any atom is 0.350 e. The van der Waals surface area contributed by atoms with Gasteiger partial charge in [-0.3, -0.25) is 14.4 Å². The molecule has 304 valence electrons. The highest BCUT2D eigenvalue weighted by atomic mass is 32.2. The van der Waals surface area contributed by atoms with Crippen LogP contribution in [-0.2, 0) is 42.9 Å². The third-order valence-corrected chi connectivity index (χ3v) is 13.6. The predicted octanol–water partition coefficient (Wildman–Crippen LogP) is 8.40. The number of unbranched alkanes of at least 4 members (excludes halogenated alkanes) is 3. The van der Waals surface area contributed by atoms with Crippen molar-refractivity contribution in [1.82, 2.24) is 0 Å². The summed E-state index contributed by atoms with van der Waals surface area (Å²) in [6, 6.07) is 5.10. The molecule has 1 aliphatic heterocycles. The van der Waals surface area contributed by atoms with Gasteiger partial charge in [-0.2, -0.15) is 5.26 Å². The molecule has 12 nitrogen and oxygen atoms in total. The molecule has 56 heavy (non-hydrogen) atoms. The first-order valence-corrected chi connectivity index (χ1v) is 21.5. The van der Waals surface area contributed by atoms with E-state index in [4.69, 9.17) is 28.4 Å². The second-order valence-electron chi connectivity index (χ2n) is 15.0. The van der Waals surface area contributed by atoms with Gasteiger partial charge < -0.3 is 28.4 Å². The normalized spacial score (nSPS) is 25.4. The van der Waals surface area contributed by atoms with Crippen molar-refractivity contribution in [2.45, 2.75) is 132 Å². The van der Waals surface area contributed by atoms with Crippen LogP contribution in [0.25, 0.3) is 0 Å². The molecule has 0 atom stereocenters. The number of nitrogens with zero attached hydrogens (tertiary/aromatic N) is 1. The van der Waals surface area contributed by atoms with Crippen molar-refractivity contribution in [2.24, 2.45) is 23.7 Å². The maximum atomic E-state index is 13.5. The van der Waals surface area contributed by atoms with E-state index in [2.05, 4.69) is 13.5 Å². The molecule has 1 aromatic carbocycles. The van der Waals surface area contributed by atoms with Gasteiger partial charge in [0.1, 0.15) is 23.7 Å². The number of fused-ring (bicyclic) bond motifs is 1. The van der Waals surface area contributed by atoms with Gasteiger partial charge in [-0.1, -0.05) is 43.4 Å². The van der Waals surface area contributed by atoms with Gasteiger partial charge in [0.25, 0.3) is 0 Å². The van der Waals surface area contributed by atoms with Crippen LogP contribution in [0.1, 0.15) is 110 Å². The molecule has 14 heteroatoms. The van der Waals surface area contributed by atoms with Crippen LogP contribution in [0.4, 0.5) is 0 Å². The van der Waals surface area contributed by atoms with Crippen LogP contribution in [0, 0.1) is 35.0 Å². The number of hydrogen-bond donors (Lipinski definition) is 0. The van der Waals surface area contributed by atoms with E-state index in [1.807, 2.05) is 6.07 Å². The van der Waals surface area contributed by atoms with Crippen molar-refractivity contribution in [3.05, 3.63) is 34.6 Å². The number of ether oxygens (including phenoxy) is 6. The molecule has 0 aromatic heterocycles. The lowest BCUT2D eigenvalue weighted by molar-refractivity contribution is -0.159. The van der Waals surface area contributed by atoms with Gasteiger partial charge >= 0.3 is 29.8 Å². The van der Waals surface area contributed by atoms with Crippen LogP contribution < -0.4 is 9.47 Å². The van der Waals surface area contributed by atoms with Crippen LogP contribution in [-0.4, -0.2) is 62.4 Å². The molecular formula is C42H53NO11S2. The summed E-state index contributed by atoms with van der Waals surface area (Å²) in [5.74, 6) is -1.73. The zero-order valence-corrected chi connectivity index (χ0v) is 34.0. The van der Waals surface area contributed by atoms with Gasteiger partial charge in [-0.25, -0.2) is 9.59 Å². The number of hydrogen-bond acceptors (Lipinski definition) is 14. The minimum atomic E-state index is -0.788. The Morgan fingerprint density at radius 2 is 1.23 bits per heavy atom. The quantitative estimate of drug-likeness (QED) is 0.0390. The number of thioether (sulfide) groups is 2. The monoisotopic (exact) mass is 811 g/mol. The molecule has 4 aliphatic rings. The molecule has 1 heterocycles. The highest BCUT2D eigenvalue weighted by Gasteiger charge is 2.36. The first kappa shape index (κ1) is 43.3. The summed E-state index contributed by atoms with van der Waals surface area (Å²) in [6.07, 6.45) is 13.4. The molecule has 3 saturated carbocycles. The largest absolute Gasteiger partial charge is 0.465 e. The second-order valence-corrected chi connectivity index (χ2v) is 17.3. The first-order valence-electron chi connectivity index (χ1n) is 19.9. The van der Waals surface area contributed by atoms with Gasteiger partial charge in [0.05, 0.1) is 51.6 Å². The Bertz CT molecular complexity index is 1660. The molecule has 1 aromatic rings. The summed E-state index contributed by atoms with van der Waals surface area (Å²) in [4.78, 5) is 64.1. The molecule has 0 N–H and O–H groups in total. The smallest absolute Gasteiger partial charge is 0.350 e. The number of carbonyl (C=O) groups is 5. The summed E-state index contributed by atoms with van der Waals surface area (Å²) < 4.78 is 34.0. The maximum absolute atomic E-state index is 13.5. The van der Waals surface area contributed by atoms with Crippen LogP contribution >= 0.6 is 23.5 Å². The van der Waals surface area contributed by atoms with Crippen molar-refractivity contribution in [3.8, 4) is 17.6 Å². The first-order chi connectivity index (χ1) is 27.1. The van der Waals surface area contributed by atoms with E-state index in [0.29, 0.717) is 58.8 Å². The molecular weight excluding hydrogens is 759 g/mol. The SMILES string of the molecule is C=CC(=O)OCCCCCCOC1CCC(C(=O)OC2CCC(C(=O)Oc3ccc(OC(=O)C4CCC(C)CC4)c4c3S/C(=C(\C#N)C(=O)OC)S4)CC2)CC1. The van der Waals surface area contributed by atoms with Gasteiger partial charge in [0.15, 0.2) is 5.57 Å². The fourth-order valence-electron chi connectivity index (χ4n) is 7.53. The fraction of sp³-hybridized carbons (Fsp3) is 0.619. The van der Waals surface area contributed by atoms with Gasteiger partial charge in [0, 0.05) is 12.7 Å². The minimum Gasteiger partial charge on any atom is -0.465 e. The average molecular weight is 812 g/mol. The van der Waals surface area contributed by atoms with E-state index in [-0.39, 0.29) is 53.1 Å². The third-order valence-electron chi connectivity index (χ3n) is 11.0. The second kappa shape index (κ2) is 21.6. The van der Waals surface area contributed by atoms with Crippen LogP contribution in [0.2, 0.25) is 0 Å². The number of nitriles is 1. The molecule has 3 fully saturated rings. The molecule has 0 spiro atoms. The predicted molar refractivity (Wildman–Crippen MR) is 208 cm³/mol. The lowest BCUT2D eigenvalue weighted by atomic mass is 9.83. The lowest BCUT2D eigenvalue weighted by Gasteiger charge is -2.31. The number of esters is 5. The highest BCUT2D eigenvalue weighted by Crippen LogP contribution is 2.59. The van der Waals surface area contributed by atoms with Gasteiger partial charge in [-0.15, -0.1) is 0 Å². The Morgan fingerprint density at radius 1 is 0.732 bits per heavy atom. The van der Waals surface area contributed by atoms with Gasteiger partial charge in [-0.05, 0) is 114 Å². The van der Waals surface area contributed by atoms with E-state index in [9.17, 15) is 29.2 Å². The Kier molecular flexibility index (Phi) is 16.7. The van der Waals surface area contributed by atoms with Gasteiger partial charge in [0.2, 0.25) is 0 Å². The molecule has 0 radical (unpaired) electrons. The Morgan fingerprint density at radius 3 is 1.75 bits per heavy atom. The number of benzene rings is 1. The molecule has 5 rings (SSSR count). The fourth-order valence-corrected chi connectivity index (χ4v) is 10.1. The highest BCUT2D eigenvalue weighted by molar-refractivity contribution is 8.24. The van der Waals surface area contributed by atoms with E-state index in [1.165, 1.54) is 13.2 Å². The summed E-state index contributed by atoms with van der Waals surface area (Å²) in [6.45, 7) is 6.64.